The Balaban J connectivity index is 0.00000132. The fourth-order valence-corrected chi connectivity index (χ4v) is 3.03. The molecule has 2 aliphatic rings. The standard InChI is InChI=1S/C15H19F3N2O.2ClH/c16-10-8-12(21)13(15(18)14(10)17)11(7-9-1-2-9)20-5-3-19-4-6-20;;/h8-9,11,19,21H,1-7H2;2*1H/t11-;;/m1../s1. The molecule has 3 rings (SSSR count). The second-order valence-corrected chi connectivity index (χ2v) is 5.90. The molecule has 1 saturated heterocycles. The minimum atomic E-state index is -1.50. The lowest BCUT2D eigenvalue weighted by molar-refractivity contribution is 0.153. The maximum atomic E-state index is 14.2. The van der Waals surface area contributed by atoms with Crippen molar-refractivity contribution in [3.05, 3.63) is 29.1 Å². The van der Waals surface area contributed by atoms with E-state index in [-0.39, 0.29) is 30.4 Å². The third-order valence-electron chi connectivity index (χ3n) is 4.36. The molecule has 1 atom stereocenters. The van der Waals surface area contributed by atoms with Crippen molar-refractivity contribution in [2.45, 2.75) is 25.3 Å². The Labute approximate surface area is 146 Å². The third kappa shape index (κ3) is 4.44. The Morgan fingerprint density at radius 2 is 1.74 bits per heavy atom. The van der Waals surface area contributed by atoms with E-state index in [1.54, 1.807) is 0 Å². The molecular weight excluding hydrogens is 352 g/mol. The molecule has 132 valence electrons. The van der Waals surface area contributed by atoms with Crippen LogP contribution in [0.3, 0.4) is 0 Å². The van der Waals surface area contributed by atoms with Crippen LogP contribution >= 0.6 is 24.8 Å². The number of nitrogens with zero attached hydrogens (tertiary/aromatic N) is 1. The van der Waals surface area contributed by atoms with Crippen LogP contribution < -0.4 is 5.32 Å². The minimum Gasteiger partial charge on any atom is -0.507 e. The van der Waals surface area contributed by atoms with Gasteiger partial charge in [-0.2, -0.15) is 0 Å². The van der Waals surface area contributed by atoms with Crippen molar-refractivity contribution in [2.75, 3.05) is 26.2 Å². The highest BCUT2D eigenvalue weighted by molar-refractivity contribution is 5.85. The van der Waals surface area contributed by atoms with Gasteiger partial charge in [0, 0.05) is 43.9 Å². The van der Waals surface area contributed by atoms with Crippen molar-refractivity contribution in [2.24, 2.45) is 5.92 Å². The molecule has 1 saturated carbocycles. The number of nitrogens with one attached hydrogen (secondary N) is 1. The van der Waals surface area contributed by atoms with Gasteiger partial charge in [0.25, 0.3) is 0 Å². The Kier molecular flexibility index (Phi) is 7.45. The van der Waals surface area contributed by atoms with Gasteiger partial charge in [-0.25, -0.2) is 13.2 Å². The van der Waals surface area contributed by atoms with Gasteiger partial charge in [0.2, 0.25) is 0 Å². The molecule has 0 amide bonds. The highest BCUT2D eigenvalue weighted by atomic mass is 35.5. The van der Waals surface area contributed by atoms with Crippen molar-refractivity contribution < 1.29 is 18.3 Å². The average molecular weight is 373 g/mol. The van der Waals surface area contributed by atoms with Crippen LogP contribution in [0.25, 0.3) is 0 Å². The molecule has 0 bridgehead atoms. The largest absolute Gasteiger partial charge is 0.507 e. The molecule has 2 fully saturated rings. The smallest absolute Gasteiger partial charge is 0.195 e. The number of hydrogen-bond donors (Lipinski definition) is 2. The summed E-state index contributed by atoms with van der Waals surface area (Å²) in [6, 6.07) is 0.283. The SMILES string of the molecule is Cl.Cl.Oc1cc(F)c(F)c(F)c1[C@@H](CC1CC1)N1CCNCC1. The molecule has 23 heavy (non-hydrogen) atoms. The number of hydrogen-bond acceptors (Lipinski definition) is 3. The van der Waals surface area contributed by atoms with Crippen LogP contribution in [0.1, 0.15) is 30.9 Å². The summed E-state index contributed by atoms with van der Waals surface area (Å²) in [4.78, 5) is 2.05. The number of rotatable bonds is 4. The molecule has 1 aromatic carbocycles. The fourth-order valence-electron chi connectivity index (χ4n) is 3.03. The van der Waals surface area contributed by atoms with E-state index >= 15 is 0 Å². The third-order valence-corrected chi connectivity index (χ3v) is 4.36. The molecule has 0 unspecified atom stereocenters. The van der Waals surface area contributed by atoms with Crippen molar-refractivity contribution in [1.82, 2.24) is 10.2 Å². The summed E-state index contributed by atoms with van der Waals surface area (Å²) in [7, 11) is 0. The van der Waals surface area contributed by atoms with E-state index in [1.807, 2.05) is 4.90 Å². The highest BCUT2D eigenvalue weighted by Gasteiger charge is 2.35. The van der Waals surface area contributed by atoms with Gasteiger partial charge in [-0.15, -0.1) is 24.8 Å². The molecule has 3 nitrogen and oxygen atoms in total. The summed E-state index contributed by atoms with van der Waals surface area (Å²) in [6.45, 7) is 2.95. The van der Waals surface area contributed by atoms with Gasteiger partial charge in [0.05, 0.1) is 0 Å². The summed E-state index contributed by atoms with van der Waals surface area (Å²) in [5.74, 6) is -4.11. The molecule has 1 aliphatic heterocycles. The van der Waals surface area contributed by atoms with Gasteiger partial charge in [-0.1, -0.05) is 12.8 Å². The molecule has 0 radical (unpaired) electrons. The fraction of sp³-hybridized carbons (Fsp3) is 0.600. The summed E-state index contributed by atoms with van der Waals surface area (Å²) in [5.41, 5.74) is -0.0947. The van der Waals surface area contributed by atoms with E-state index in [9.17, 15) is 18.3 Å². The Hall–Kier alpha value is -0.690. The molecule has 0 spiro atoms. The lowest BCUT2D eigenvalue weighted by atomic mass is 9.96. The quantitative estimate of drug-likeness (QED) is 0.795. The molecule has 1 aliphatic carbocycles. The predicted octanol–water partition coefficient (Wildman–Crippen LogP) is 3.40. The first-order valence-corrected chi connectivity index (χ1v) is 7.39. The first kappa shape index (κ1) is 20.4. The van der Waals surface area contributed by atoms with Gasteiger partial charge in [-0.05, 0) is 12.3 Å². The van der Waals surface area contributed by atoms with Gasteiger partial charge in [0.1, 0.15) is 5.75 Å². The highest BCUT2D eigenvalue weighted by Crippen LogP contribution is 2.43. The normalized spacial score (nSPS) is 19.6. The Morgan fingerprint density at radius 1 is 1.13 bits per heavy atom. The number of aromatic hydroxyl groups is 1. The zero-order valence-corrected chi connectivity index (χ0v) is 14.2. The maximum Gasteiger partial charge on any atom is 0.195 e. The first-order valence-electron chi connectivity index (χ1n) is 7.39. The van der Waals surface area contributed by atoms with Crippen molar-refractivity contribution in [3.8, 4) is 5.75 Å². The van der Waals surface area contributed by atoms with Crippen LogP contribution in [0.4, 0.5) is 13.2 Å². The second kappa shape index (κ2) is 8.42. The van der Waals surface area contributed by atoms with E-state index in [0.29, 0.717) is 31.5 Å². The molecule has 2 N–H and O–H groups in total. The van der Waals surface area contributed by atoms with Crippen LogP contribution in [0.5, 0.6) is 5.75 Å². The van der Waals surface area contributed by atoms with E-state index < -0.39 is 29.2 Å². The average Bonchev–Trinajstić information content (AvgIpc) is 3.29. The van der Waals surface area contributed by atoms with E-state index in [1.165, 1.54) is 0 Å². The van der Waals surface area contributed by atoms with Crippen molar-refractivity contribution in [3.63, 3.8) is 0 Å². The Morgan fingerprint density at radius 3 is 2.30 bits per heavy atom. The number of benzene rings is 1. The zero-order chi connectivity index (χ0) is 15.0. The lowest BCUT2D eigenvalue weighted by Gasteiger charge is -2.35. The number of phenolic OH excluding ortho intramolecular Hbond substituents is 1. The molecule has 1 heterocycles. The Bertz CT molecular complexity index is 538. The molecule has 8 heteroatoms. The van der Waals surface area contributed by atoms with Crippen molar-refractivity contribution in [1.29, 1.82) is 0 Å². The van der Waals surface area contributed by atoms with Crippen LogP contribution in [0.2, 0.25) is 0 Å². The monoisotopic (exact) mass is 372 g/mol. The summed E-state index contributed by atoms with van der Waals surface area (Å²) >= 11 is 0. The number of halogens is 5. The summed E-state index contributed by atoms with van der Waals surface area (Å²) < 4.78 is 40.9. The molecule has 0 aromatic heterocycles. The maximum absolute atomic E-state index is 14.2. The predicted molar refractivity (Wildman–Crippen MR) is 87.0 cm³/mol. The second-order valence-electron chi connectivity index (χ2n) is 5.90. The van der Waals surface area contributed by atoms with E-state index in [0.717, 1.165) is 25.9 Å². The van der Waals surface area contributed by atoms with Gasteiger partial charge >= 0.3 is 0 Å². The lowest BCUT2D eigenvalue weighted by Crippen LogP contribution is -2.45. The summed E-state index contributed by atoms with van der Waals surface area (Å²) in [5, 5.41) is 13.1. The topological polar surface area (TPSA) is 35.5 Å². The number of phenols is 1. The van der Waals surface area contributed by atoms with E-state index in [2.05, 4.69) is 5.32 Å². The zero-order valence-electron chi connectivity index (χ0n) is 12.5. The van der Waals surface area contributed by atoms with Crippen LogP contribution in [-0.4, -0.2) is 36.2 Å². The van der Waals surface area contributed by atoms with Gasteiger partial charge < -0.3 is 10.4 Å². The van der Waals surface area contributed by atoms with Crippen LogP contribution in [0, 0.1) is 23.4 Å². The van der Waals surface area contributed by atoms with Gasteiger partial charge in [0.15, 0.2) is 17.5 Å². The van der Waals surface area contributed by atoms with Crippen LogP contribution in [0.15, 0.2) is 6.07 Å². The molecule has 1 aromatic rings. The first-order chi connectivity index (χ1) is 10.1. The number of piperazine rings is 1. The summed E-state index contributed by atoms with van der Waals surface area (Å²) in [6.07, 6.45) is 2.83. The van der Waals surface area contributed by atoms with Crippen LogP contribution in [-0.2, 0) is 0 Å². The van der Waals surface area contributed by atoms with Gasteiger partial charge in [-0.3, -0.25) is 4.90 Å². The molecular formula is C15H21Cl2F3N2O. The van der Waals surface area contributed by atoms with Crippen molar-refractivity contribution >= 4 is 24.8 Å². The minimum absolute atomic E-state index is 0. The van der Waals surface area contributed by atoms with E-state index in [4.69, 9.17) is 0 Å².